The minimum Gasteiger partial charge on any atom is -0.376 e. The van der Waals surface area contributed by atoms with Crippen LogP contribution in [-0.4, -0.2) is 60.2 Å². The maximum absolute atomic E-state index is 6.03. The fraction of sp³-hybridized carbons (Fsp3) is 0.762. The first kappa shape index (κ1) is 17.4. The number of pyridine rings is 1. The van der Waals surface area contributed by atoms with Crippen molar-refractivity contribution in [3.63, 3.8) is 0 Å². The number of nitrogens with zero attached hydrogens (tertiary/aromatic N) is 3. The van der Waals surface area contributed by atoms with Crippen molar-refractivity contribution in [2.75, 3.05) is 39.8 Å². The van der Waals surface area contributed by atoms with Crippen molar-refractivity contribution in [2.45, 2.75) is 50.7 Å². The van der Waals surface area contributed by atoms with Crippen LogP contribution in [0, 0.1) is 11.8 Å². The molecule has 1 aliphatic carbocycles. The molecule has 4 heteroatoms. The summed E-state index contributed by atoms with van der Waals surface area (Å²) in [4.78, 5) is 9.42. The maximum atomic E-state index is 6.03. The molecule has 1 aromatic heterocycles. The Bertz CT molecular complexity index is 537. The molecule has 0 bridgehead atoms. The molecule has 2 aliphatic heterocycles. The number of hydrogen-bond acceptors (Lipinski definition) is 4. The monoisotopic (exact) mass is 343 g/mol. The molecule has 25 heavy (non-hydrogen) atoms. The van der Waals surface area contributed by atoms with Crippen molar-refractivity contribution in [2.24, 2.45) is 11.8 Å². The summed E-state index contributed by atoms with van der Waals surface area (Å²) in [5, 5.41) is 0. The Morgan fingerprint density at radius 3 is 2.64 bits per heavy atom. The lowest BCUT2D eigenvalue weighted by molar-refractivity contribution is -0.0942. The van der Waals surface area contributed by atoms with Crippen molar-refractivity contribution < 1.29 is 4.74 Å². The van der Waals surface area contributed by atoms with E-state index in [0.29, 0.717) is 11.5 Å². The van der Waals surface area contributed by atoms with E-state index in [2.05, 4.69) is 21.8 Å². The third-order valence-electron chi connectivity index (χ3n) is 6.75. The topological polar surface area (TPSA) is 28.6 Å². The second kappa shape index (κ2) is 7.73. The lowest BCUT2D eigenvalue weighted by atomic mass is 9.75. The lowest BCUT2D eigenvalue weighted by Gasteiger charge is -2.59. The number of piperidine rings is 1. The summed E-state index contributed by atoms with van der Waals surface area (Å²) in [5.74, 6) is 1.69. The number of ether oxygens (including phenoxy) is 1. The fourth-order valence-corrected chi connectivity index (χ4v) is 5.22. The molecule has 1 unspecified atom stereocenters. The second-order valence-corrected chi connectivity index (χ2v) is 8.70. The molecule has 4 rings (SSSR count). The van der Waals surface area contributed by atoms with Crippen LogP contribution in [0.25, 0.3) is 0 Å². The zero-order valence-electron chi connectivity index (χ0n) is 15.7. The molecule has 1 spiro atoms. The molecule has 3 heterocycles. The van der Waals surface area contributed by atoms with E-state index in [-0.39, 0.29) is 0 Å². The van der Waals surface area contributed by atoms with Gasteiger partial charge in [-0.05, 0) is 68.8 Å². The summed E-state index contributed by atoms with van der Waals surface area (Å²) < 4.78 is 6.03. The van der Waals surface area contributed by atoms with Gasteiger partial charge in [-0.25, -0.2) is 0 Å². The first-order valence-electron chi connectivity index (χ1n) is 10.1. The van der Waals surface area contributed by atoms with Crippen LogP contribution < -0.4 is 0 Å². The molecule has 2 saturated heterocycles. The normalized spacial score (nSPS) is 27.6. The summed E-state index contributed by atoms with van der Waals surface area (Å²) in [5.41, 5.74) is 1.66. The predicted octanol–water partition coefficient (Wildman–Crippen LogP) is 3.18. The van der Waals surface area contributed by atoms with Crippen LogP contribution in [0.15, 0.2) is 24.5 Å². The molecule has 0 N–H and O–H groups in total. The van der Waals surface area contributed by atoms with Gasteiger partial charge in [-0.3, -0.25) is 14.8 Å². The molecule has 3 fully saturated rings. The summed E-state index contributed by atoms with van der Waals surface area (Å²) in [7, 11) is 2.33. The van der Waals surface area contributed by atoms with E-state index in [1.165, 1.54) is 70.3 Å². The zero-order valence-corrected chi connectivity index (χ0v) is 15.7. The summed E-state index contributed by atoms with van der Waals surface area (Å²) in [6, 6.07) is 4.09. The Labute approximate surface area is 152 Å². The van der Waals surface area contributed by atoms with E-state index in [0.717, 1.165) is 19.1 Å². The Kier molecular flexibility index (Phi) is 5.39. The SMILES string of the molecule is CN1CCC(COCc2ccncc2)CC12CN(CC1CCCC1)C2. The molecule has 4 nitrogen and oxygen atoms in total. The Balaban J connectivity index is 1.23. The highest BCUT2D eigenvalue weighted by Crippen LogP contribution is 2.39. The highest BCUT2D eigenvalue weighted by atomic mass is 16.5. The summed E-state index contributed by atoms with van der Waals surface area (Å²) in [6.45, 7) is 6.75. The van der Waals surface area contributed by atoms with Crippen molar-refractivity contribution in [3.8, 4) is 0 Å². The quantitative estimate of drug-likeness (QED) is 0.793. The Hall–Kier alpha value is -0.970. The van der Waals surface area contributed by atoms with Crippen molar-refractivity contribution in [3.05, 3.63) is 30.1 Å². The van der Waals surface area contributed by atoms with Gasteiger partial charge in [-0.15, -0.1) is 0 Å². The number of likely N-dealkylation sites (N-methyl/N-ethyl adjacent to an activating group) is 1. The van der Waals surface area contributed by atoms with Crippen molar-refractivity contribution in [1.29, 1.82) is 0 Å². The molecular formula is C21H33N3O. The maximum Gasteiger partial charge on any atom is 0.0718 e. The third kappa shape index (κ3) is 4.07. The van der Waals surface area contributed by atoms with E-state index >= 15 is 0 Å². The molecule has 0 radical (unpaired) electrons. The number of hydrogen-bond donors (Lipinski definition) is 0. The van der Waals surface area contributed by atoms with Gasteiger partial charge < -0.3 is 4.74 Å². The van der Waals surface area contributed by atoms with Gasteiger partial charge in [0.1, 0.15) is 0 Å². The molecule has 1 saturated carbocycles. The summed E-state index contributed by atoms with van der Waals surface area (Å²) >= 11 is 0. The molecule has 3 aliphatic rings. The van der Waals surface area contributed by atoms with Gasteiger partial charge in [0.15, 0.2) is 0 Å². The van der Waals surface area contributed by atoms with E-state index in [9.17, 15) is 0 Å². The minimum absolute atomic E-state index is 0.432. The van der Waals surface area contributed by atoms with Gasteiger partial charge >= 0.3 is 0 Å². The smallest absolute Gasteiger partial charge is 0.0718 e. The van der Waals surface area contributed by atoms with Crippen LogP contribution in [0.3, 0.4) is 0 Å². The van der Waals surface area contributed by atoms with E-state index in [1.54, 1.807) is 0 Å². The fourth-order valence-electron chi connectivity index (χ4n) is 5.22. The molecule has 0 amide bonds. The van der Waals surface area contributed by atoms with E-state index < -0.39 is 0 Å². The van der Waals surface area contributed by atoms with Gasteiger partial charge in [-0.2, -0.15) is 0 Å². The van der Waals surface area contributed by atoms with Gasteiger partial charge in [0, 0.05) is 44.2 Å². The van der Waals surface area contributed by atoms with Gasteiger partial charge in [0.2, 0.25) is 0 Å². The largest absolute Gasteiger partial charge is 0.376 e. The second-order valence-electron chi connectivity index (χ2n) is 8.70. The van der Waals surface area contributed by atoms with Gasteiger partial charge in [0.05, 0.1) is 6.61 Å². The van der Waals surface area contributed by atoms with Crippen LogP contribution in [-0.2, 0) is 11.3 Å². The number of aromatic nitrogens is 1. The molecule has 1 aromatic rings. The highest BCUT2D eigenvalue weighted by Gasteiger charge is 2.49. The Morgan fingerprint density at radius 2 is 1.88 bits per heavy atom. The van der Waals surface area contributed by atoms with Crippen LogP contribution in [0.1, 0.15) is 44.1 Å². The van der Waals surface area contributed by atoms with Crippen LogP contribution in [0.2, 0.25) is 0 Å². The van der Waals surface area contributed by atoms with E-state index in [1.807, 2.05) is 24.5 Å². The van der Waals surface area contributed by atoms with Gasteiger partial charge in [-0.1, -0.05) is 12.8 Å². The first-order chi connectivity index (χ1) is 12.2. The average Bonchev–Trinajstić information content (AvgIpc) is 3.10. The number of rotatable bonds is 6. The minimum atomic E-state index is 0.432. The standard InChI is InChI=1S/C21H33N3O/c1-23-11-8-20(15-25-14-19-6-9-22-10-7-19)12-21(23)16-24(17-21)13-18-4-2-3-5-18/h6-7,9-10,18,20H,2-5,8,11-17H2,1H3. The molecule has 1 atom stereocenters. The number of likely N-dealkylation sites (tertiary alicyclic amines) is 2. The van der Waals surface area contributed by atoms with Crippen molar-refractivity contribution in [1.82, 2.24) is 14.8 Å². The van der Waals surface area contributed by atoms with Crippen LogP contribution in [0.5, 0.6) is 0 Å². The Morgan fingerprint density at radius 1 is 1.12 bits per heavy atom. The van der Waals surface area contributed by atoms with Crippen molar-refractivity contribution >= 4 is 0 Å². The average molecular weight is 344 g/mol. The van der Waals surface area contributed by atoms with E-state index in [4.69, 9.17) is 4.74 Å². The van der Waals surface area contributed by atoms with Gasteiger partial charge in [0.25, 0.3) is 0 Å². The molecule has 138 valence electrons. The summed E-state index contributed by atoms with van der Waals surface area (Å²) in [6.07, 6.45) is 12.1. The highest BCUT2D eigenvalue weighted by molar-refractivity contribution is 5.08. The molecular weight excluding hydrogens is 310 g/mol. The third-order valence-corrected chi connectivity index (χ3v) is 6.75. The predicted molar refractivity (Wildman–Crippen MR) is 100 cm³/mol. The lowest BCUT2D eigenvalue weighted by Crippen LogP contribution is -2.72. The van der Waals surface area contributed by atoms with Crippen LogP contribution in [0.4, 0.5) is 0 Å². The zero-order chi connectivity index (χ0) is 17.1. The molecule has 0 aromatic carbocycles. The van der Waals surface area contributed by atoms with Crippen LogP contribution >= 0.6 is 0 Å². The first-order valence-corrected chi connectivity index (χ1v) is 10.1.